The molecule has 0 aliphatic heterocycles. The Balaban J connectivity index is 3.88. The zero-order valence-electron chi connectivity index (χ0n) is 21.6. The number of carbonyl (C=O) groups is 4. The van der Waals surface area contributed by atoms with E-state index in [1.165, 1.54) is 14.2 Å². The quantitative estimate of drug-likeness (QED) is 0.137. The number of nitrogens with one attached hydrogen (secondary N) is 2. The third kappa shape index (κ3) is 18.9. The van der Waals surface area contributed by atoms with Gasteiger partial charge < -0.3 is 24.8 Å². The van der Waals surface area contributed by atoms with Gasteiger partial charge >= 0.3 is 18.0 Å². The van der Waals surface area contributed by atoms with E-state index in [9.17, 15) is 19.2 Å². The van der Waals surface area contributed by atoms with Gasteiger partial charge in [-0.3, -0.25) is 9.59 Å². The molecular formula is C25H44N2O7. The molecule has 9 nitrogen and oxygen atoms in total. The molecule has 196 valence electrons. The van der Waals surface area contributed by atoms with Crippen molar-refractivity contribution < 1.29 is 33.4 Å². The fraction of sp³-hybridized carbons (Fsp3) is 0.760. The number of amides is 2. The van der Waals surface area contributed by atoms with Crippen LogP contribution >= 0.6 is 0 Å². The van der Waals surface area contributed by atoms with Crippen LogP contribution in [0.3, 0.4) is 0 Å². The summed E-state index contributed by atoms with van der Waals surface area (Å²) in [6.07, 6.45) is 12.0. The Bertz CT molecular complexity index is 642. The standard InChI is InChI=1S/C25H44N2O7/c1-25(2,3)34-24(31)27-20(23(30)33-5)16-14-15-19-26-21(28)17-12-10-8-6-7-9-11-13-18-22(29)32-4/h12,17,20H,6-11,13-16,18-19H2,1-5H3,(H,26,28)(H,27,31)/b17-12+/t20-/m0/s1. The zero-order chi connectivity index (χ0) is 25.8. The van der Waals surface area contributed by atoms with Gasteiger partial charge in [-0.1, -0.05) is 31.8 Å². The Kier molecular flexibility index (Phi) is 17.4. The summed E-state index contributed by atoms with van der Waals surface area (Å²) in [6.45, 7) is 5.72. The average Bonchev–Trinajstić information content (AvgIpc) is 2.77. The van der Waals surface area contributed by atoms with Gasteiger partial charge in [-0.05, 0) is 65.4 Å². The van der Waals surface area contributed by atoms with Gasteiger partial charge in [0.2, 0.25) is 5.91 Å². The highest BCUT2D eigenvalue weighted by Gasteiger charge is 2.24. The van der Waals surface area contributed by atoms with Gasteiger partial charge in [0.1, 0.15) is 11.6 Å². The molecule has 0 aromatic heterocycles. The van der Waals surface area contributed by atoms with E-state index in [1.807, 2.05) is 6.08 Å². The SMILES string of the molecule is COC(=O)CCCCCCCC/C=C/C(=O)NCCCC[C@H](NC(=O)OC(C)(C)C)C(=O)OC. The van der Waals surface area contributed by atoms with Gasteiger partial charge in [0.25, 0.3) is 0 Å². The van der Waals surface area contributed by atoms with Crippen LogP contribution in [0.5, 0.6) is 0 Å². The molecule has 0 rings (SSSR count). The molecule has 0 bridgehead atoms. The highest BCUT2D eigenvalue weighted by molar-refractivity contribution is 5.87. The lowest BCUT2D eigenvalue weighted by Gasteiger charge is -2.22. The van der Waals surface area contributed by atoms with Crippen molar-refractivity contribution >= 4 is 23.9 Å². The molecule has 0 saturated heterocycles. The van der Waals surface area contributed by atoms with Crippen molar-refractivity contribution in [1.82, 2.24) is 10.6 Å². The van der Waals surface area contributed by atoms with E-state index in [2.05, 4.69) is 15.4 Å². The molecule has 2 amide bonds. The number of rotatable bonds is 17. The van der Waals surface area contributed by atoms with E-state index in [0.717, 1.165) is 44.9 Å². The second-order valence-electron chi connectivity index (χ2n) is 9.15. The van der Waals surface area contributed by atoms with Crippen LogP contribution in [0.2, 0.25) is 0 Å². The van der Waals surface area contributed by atoms with Crippen LogP contribution in [0.15, 0.2) is 12.2 Å². The second-order valence-corrected chi connectivity index (χ2v) is 9.15. The minimum absolute atomic E-state index is 0.140. The summed E-state index contributed by atoms with van der Waals surface area (Å²) in [5.74, 6) is -0.817. The first-order chi connectivity index (χ1) is 16.1. The smallest absolute Gasteiger partial charge is 0.408 e. The fourth-order valence-corrected chi connectivity index (χ4v) is 3.12. The Morgan fingerprint density at radius 1 is 0.853 bits per heavy atom. The molecule has 9 heteroatoms. The monoisotopic (exact) mass is 484 g/mol. The van der Waals surface area contributed by atoms with Gasteiger partial charge in [0.05, 0.1) is 14.2 Å². The molecule has 0 aliphatic rings. The van der Waals surface area contributed by atoms with E-state index in [0.29, 0.717) is 32.2 Å². The third-order valence-corrected chi connectivity index (χ3v) is 4.89. The molecule has 0 aromatic carbocycles. The summed E-state index contributed by atoms with van der Waals surface area (Å²) >= 11 is 0. The molecule has 0 spiro atoms. The van der Waals surface area contributed by atoms with E-state index in [1.54, 1.807) is 26.8 Å². The van der Waals surface area contributed by atoms with Crippen molar-refractivity contribution in [3.8, 4) is 0 Å². The lowest BCUT2D eigenvalue weighted by Crippen LogP contribution is -2.44. The van der Waals surface area contributed by atoms with Gasteiger partial charge in [-0.25, -0.2) is 9.59 Å². The van der Waals surface area contributed by atoms with Gasteiger partial charge in [0.15, 0.2) is 0 Å². The first-order valence-electron chi connectivity index (χ1n) is 12.2. The average molecular weight is 485 g/mol. The fourth-order valence-electron chi connectivity index (χ4n) is 3.12. The van der Waals surface area contributed by atoms with Crippen LogP contribution in [0, 0.1) is 0 Å². The number of allylic oxidation sites excluding steroid dienone is 1. The molecule has 0 radical (unpaired) electrons. The Morgan fingerprint density at radius 2 is 1.50 bits per heavy atom. The molecular weight excluding hydrogens is 440 g/mol. The maximum Gasteiger partial charge on any atom is 0.408 e. The first kappa shape index (κ1) is 31.4. The van der Waals surface area contributed by atoms with E-state index in [-0.39, 0.29) is 11.9 Å². The summed E-state index contributed by atoms with van der Waals surface area (Å²) < 4.78 is 14.5. The maximum absolute atomic E-state index is 11.9. The zero-order valence-corrected chi connectivity index (χ0v) is 21.6. The summed E-state index contributed by atoms with van der Waals surface area (Å²) in [5, 5.41) is 5.36. The van der Waals surface area contributed by atoms with Crippen LogP contribution < -0.4 is 10.6 Å². The van der Waals surface area contributed by atoms with Gasteiger partial charge in [-0.15, -0.1) is 0 Å². The van der Waals surface area contributed by atoms with Crippen molar-refractivity contribution in [3.05, 3.63) is 12.2 Å². The van der Waals surface area contributed by atoms with Crippen LogP contribution in [0.4, 0.5) is 4.79 Å². The van der Waals surface area contributed by atoms with Crippen molar-refractivity contribution in [2.45, 2.75) is 103 Å². The van der Waals surface area contributed by atoms with Crippen molar-refractivity contribution in [1.29, 1.82) is 0 Å². The van der Waals surface area contributed by atoms with Crippen molar-refractivity contribution in [3.63, 3.8) is 0 Å². The van der Waals surface area contributed by atoms with E-state index < -0.39 is 23.7 Å². The number of alkyl carbamates (subject to hydrolysis) is 1. The molecule has 34 heavy (non-hydrogen) atoms. The minimum Gasteiger partial charge on any atom is -0.469 e. The van der Waals surface area contributed by atoms with Gasteiger partial charge in [0, 0.05) is 13.0 Å². The predicted octanol–water partition coefficient (Wildman–Crippen LogP) is 4.19. The van der Waals surface area contributed by atoms with Crippen molar-refractivity contribution in [2.75, 3.05) is 20.8 Å². The molecule has 0 fully saturated rings. The van der Waals surface area contributed by atoms with Crippen LogP contribution in [0.1, 0.15) is 91.4 Å². The minimum atomic E-state index is -0.789. The number of hydrogen-bond donors (Lipinski definition) is 2. The molecule has 0 aromatic rings. The number of ether oxygens (including phenoxy) is 3. The lowest BCUT2D eigenvalue weighted by atomic mass is 10.1. The number of esters is 2. The number of hydrogen-bond acceptors (Lipinski definition) is 7. The highest BCUT2D eigenvalue weighted by Crippen LogP contribution is 2.10. The highest BCUT2D eigenvalue weighted by atomic mass is 16.6. The van der Waals surface area contributed by atoms with Crippen LogP contribution in [0.25, 0.3) is 0 Å². The summed E-state index contributed by atoms with van der Waals surface area (Å²) in [7, 11) is 2.68. The number of unbranched alkanes of at least 4 members (excludes halogenated alkanes) is 7. The molecule has 0 saturated carbocycles. The Labute approximate surface area is 204 Å². The molecule has 2 N–H and O–H groups in total. The third-order valence-electron chi connectivity index (χ3n) is 4.89. The first-order valence-corrected chi connectivity index (χ1v) is 12.2. The van der Waals surface area contributed by atoms with Gasteiger partial charge in [-0.2, -0.15) is 0 Å². The summed E-state index contributed by atoms with van der Waals surface area (Å²) in [6, 6.07) is -0.789. The largest absolute Gasteiger partial charge is 0.469 e. The Morgan fingerprint density at radius 3 is 2.12 bits per heavy atom. The number of methoxy groups -OCH3 is 2. The molecule has 1 atom stereocenters. The number of carbonyl (C=O) groups excluding carboxylic acids is 4. The van der Waals surface area contributed by atoms with Crippen LogP contribution in [-0.4, -0.2) is 56.3 Å². The summed E-state index contributed by atoms with van der Waals surface area (Å²) in [5.41, 5.74) is -0.657. The maximum atomic E-state index is 11.9. The topological polar surface area (TPSA) is 120 Å². The van der Waals surface area contributed by atoms with Crippen LogP contribution in [-0.2, 0) is 28.6 Å². The second kappa shape index (κ2) is 18.8. The molecule has 0 unspecified atom stereocenters. The summed E-state index contributed by atoms with van der Waals surface area (Å²) in [4.78, 5) is 46.7. The molecule has 0 heterocycles. The van der Waals surface area contributed by atoms with E-state index >= 15 is 0 Å². The Hall–Kier alpha value is -2.58. The van der Waals surface area contributed by atoms with E-state index in [4.69, 9.17) is 9.47 Å². The molecule has 0 aliphatic carbocycles. The van der Waals surface area contributed by atoms with Crippen molar-refractivity contribution in [2.24, 2.45) is 0 Å². The normalized spacial score (nSPS) is 12.1. The predicted molar refractivity (Wildman–Crippen MR) is 130 cm³/mol. The lowest BCUT2D eigenvalue weighted by molar-refractivity contribution is -0.143.